The Morgan fingerprint density at radius 1 is 0.848 bits per heavy atom. The number of esters is 1. The van der Waals surface area contributed by atoms with Crippen molar-refractivity contribution in [3.8, 4) is 5.75 Å². The molecule has 3 aromatic carbocycles. The van der Waals surface area contributed by atoms with E-state index < -0.39 is 27.2 Å². The van der Waals surface area contributed by atoms with Crippen LogP contribution in [0.2, 0.25) is 0 Å². The zero-order valence-electron chi connectivity index (χ0n) is 19.0. The second kappa shape index (κ2) is 9.77. The first-order valence-electron chi connectivity index (χ1n) is 10.6. The van der Waals surface area contributed by atoms with Crippen LogP contribution in [0.1, 0.15) is 38.3 Å². The molecule has 0 spiro atoms. The molecule has 0 radical (unpaired) electrons. The first kappa shape index (κ1) is 24.5. The number of carbonyl (C=O) groups is 1. The van der Waals surface area contributed by atoms with Crippen molar-refractivity contribution in [1.82, 2.24) is 0 Å². The standard InChI is InChI=1S/C26H29NO5S/c1-25(2,3)31-24(28)19-26(27,18-20-10-6-4-7-11-20)21-14-16-22(17-15-21)32-33(29,30)23-12-8-5-9-13-23/h4-17H,18-19,27H2,1-3H3. The highest BCUT2D eigenvalue weighted by Gasteiger charge is 2.33. The van der Waals surface area contributed by atoms with Gasteiger partial charge in [0.15, 0.2) is 0 Å². The number of ether oxygens (including phenoxy) is 1. The van der Waals surface area contributed by atoms with Gasteiger partial charge in [0.1, 0.15) is 16.2 Å². The molecule has 0 saturated heterocycles. The third-order valence-corrected chi connectivity index (χ3v) is 6.17. The maximum absolute atomic E-state index is 12.6. The topological polar surface area (TPSA) is 95.7 Å². The molecule has 0 aliphatic carbocycles. The first-order valence-corrected chi connectivity index (χ1v) is 12.0. The zero-order valence-corrected chi connectivity index (χ0v) is 19.8. The summed E-state index contributed by atoms with van der Waals surface area (Å²) in [6.45, 7) is 5.42. The molecule has 2 N–H and O–H groups in total. The molecule has 0 heterocycles. The van der Waals surface area contributed by atoms with Gasteiger partial charge >= 0.3 is 16.1 Å². The highest BCUT2D eigenvalue weighted by atomic mass is 32.2. The predicted molar refractivity (Wildman–Crippen MR) is 127 cm³/mol. The van der Waals surface area contributed by atoms with E-state index in [1.165, 1.54) is 24.3 Å². The Balaban J connectivity index is 1.86. The van der Waals surface area contributed by atoms with Crippen LogP contribution in [0.5, 0.6) is 5.75 Å². The zero-order chi connectivity index (χ0) is 24.1. The van der Waals surface area contributed by atoms with E-state index in [1.807, 2.05) is 30.3 Å². The van der Waals surface area contributed by atoms with E-state index in [0.717, 1.165) is 5.56 Å². The smallest absolute Gasteiger partial charge is 0.339 e. The van der Waals surface area contributed by atoms with Crippen LogP contribution in [0.15, 0.2) is 89.8 Å². The van der Waals surface area contributed by atoms with Crippen molar-refractivity contribution in [1.29, 1.82) is 0 Å². The van der Waals surface area contributed by atoms with Crippen LogP contribution in [-0.2, 0) is 31.6 Å². The molecule has 3 aromatic rings. The Bertz CT molecular complexity index is 1170. The molecule has 0 saturated carbocycles. The van der Waals surface area contributed by atoms with Crippen LogP contribution in [0.25, 0.3) is 0 Å². The molecule has 1 unspecified atom stereocenters. The maximum Gasteiger partial charge on any atom is 0.339 e. The quantitative estimate of drug-likeness (QED) is 0.385. The minimum atomic E-state index is -3.95. The highest BCUT2D eigenvalue weighted by Crippen LogP contribution is 2.30. The molecule has 33 heavy (non-hydrogen) atoms. The highest BCUT2D eigenvalue weighted by molar-refractivity contribution is 7.87. The molecule has 0 amide bonds. The normalized spacial score (nSPS) is 13.7. The number of rotatable bonds is 8. The van der Waals surface area contributed by atoms with Crippen LogP contribution in [0.3, 0.4) is 0 Å². The van der Waals surface area contributed by atoms with Crippen molar-refractivity contribution in [2.24, 2.45) is 5.73 Å². The van der Waals surface area contributed by atoms with E-state index in [0.29, 0.717) is 12.0 Å². The van der Waals surface area contributed by atoms with Gasteiger partial charge in [0.05, 0.1) is 12.0 Å². The summed E-state index contributed by atoms with van der Waals surface area (Å²) in [5.74, 6) is -0.255. The fourth-order valence-electron chi connectivity index (χ4n) is 3.47. The summed E-state index contributed by atoms with van der Waals surface area (Å²) < 4.78 is 35.8. The summed E-state index contributed by atoms with van der Waals surface area (Å²) in [6.07, 6.45) is 0.358. The number of carbonyl (C=O) groups excluding carboxylic acids is 1. The molecule has 1 atom stereocenters. The molecule has 6 nitrogen and oxygen atoms in total. The molecule has 0 aliphatic rings. The summed E-state index contributed by atoms with van der Waals surface area (Å²) in [7, 11) is -3.95. The minimum absolute atomic E-state index is 0.0400. The SMILES string of the molecule is CC(C)(C)OC(=O)CC(N)(Cc1ccccc1)c1ccc(OS(=O)(=O)c2ccccc2)cc1. The second-order valence-corrected chi connectivity index (χ2v) is 10.5. The van der Waals surface area contributed by atoms with Crippen molar-refractivity contribution in [3.05, 3.63) is 96.1 Å². The number of hydrogen-bond donors (Lipinski definition) is 1. The number of nitrogens with two attached hydrogens (primary N) is 1. The van der Waals surface area contributed by atoms with Gasteiger partial charge in [0, 0.05) is 0 Å². The third-order valence-electron chi connectivity index (χ3n) is 4.91. The Morgan fingerprint density at radius 3 is 1.94 bits per heavy atom. The molecule has 0 aromatic heterocycles. The van der Waals surface area contributed by atoms with Gasteiger partial charge in [-0.15, -0.1) is 0 Å². The average molecular weight is 468 g/mol. The predicted octanol–water partition coefficient (Wildman–Crippen LogP) is 4.58. The van der Waals surface area contributed by atoms with Gasteiger partial charge in [0.25, 0.3) is 0 Å². The maximum atomic E-state index is 12.6. The minimum Gasteiger partial charge on any atom is -0.460 e. The molecule has 7 heteroatoms. The van der Waals surface area contributed by atoms with E-state index in [-0.39, 0.29) is 17.1 Å². The van der Waals surface area contributed by atoms with Crippen molar-refractivity contribution in [2.45, 2.75) is 49.6 Å². The van der Waals surface area contributed by atoms with Crippen LogP contribution >= 0.6 is 0 Å². The van der Waals surface area contributed by atoms with Crippen LogP contribution < -0.4 is 9.92 Å². The van der Waals surface area contributed by atoms with Crippen molar-refractivity contribution in [3.63, 3.8) is 0 Å². The van der Waals surface area contributed by atoms with Gasteiger partial charge in [-0.3, -0.25) is 4.79 Å². The van der Waals surface area contributed by atoms with E-state index in [2.05, 4.69) is 0 Å². The molecule has 0 bridgehead atoms. The lowest BCUT2D eigenvalue weighted by Crippen LogP contribution is -2.42. The second-order valence-electron chi connectivity index (χ2n) is 8.96. The van der Waals surface area contributed by atoms with E-state index in [1.54, 1.807) is 51.1 Å². The lowest BCUT2D eigenvalue weighted by Gasteiger charge is -2.31. The lowest BCUT2D eigenvalue weighted by molar-refractivity contribution is -0.156. The molecule has 174 valence electrons. The molecule has 0 aliphatic heterocycles. The van der Waals surface area contributed by atoms with Crippen molar-refractivity contribution >= 4 is 16.1 Å². The molecular formula is C26H29NO5S. The van der Waals surface area contributed by atoms with Crippen LogP contribution in [0, 0.1) is 0 Å². The summed E-state index contributed by atoms with van der Waals surface area (Å²) >= 11 is 0. The van der Waals surface area contributed by atoms with Gasteiger partial charge in [0.2, 0.25) is 0 Å². The van der Waals surface area contributed by atoms with Gasteiger partial charge in [-0.1, -0.05) is 60.7 Å². The molecule has 0 fully saturated rings. The first-order chi connectivity index (χ1) is 15.5. The van der Waals surface area contributed by atoms with E-state index in [4.69, 9.17) is 14.7 Å². The van der Waals surface area contributed by atoms with E-state index in [9.17, 15) is 13.2 Å². The number of hydrogen-bond acceptors (Lipinski definition) is 6. The molecule has 3 rings (SSSR count). The Labute approximate surface area is 195 Å². The third kappa shape index (κ3) is 6.91. The fraction of sp³-hybridized carbons (Fsp3) is 0.269. The van der Waals surface area contributed by atoms with Crippen molar-refractivity contribution < 1.29 is 22.1 Å². The summed E-state index contributed by atoms with van der Waals surface area (Å²) in [5.41, 5.74) is 6.73. The lowest BCUT2D eigenvalue weighted by atomic mass is 9.82. The molecular weight excluding hydrogens is 438 g/mol. The largest absolute Gasteiger partial charge is 0.460 e. The van der Waals surface area contributed by atoms with Gasteiger partial charge in [-0.05, 0) is 62.6 Å². The van der Waals surface area contributed by atoms with Gasteiger partial charge in [-0.2, -0.15) is 8.42 Å². The number of benzene rings is 3. The fourth-order valence-corrected chi connectivity index (χ4v) is 4.42. The summed E-state index contributed by atoms with van der Waals surface area (Å²) in [4.78, 5) is 12.7. The summed E-state index contributed by atoms with van der Waals surface area (Å²) in [6, 6.07) is 24.0. The summed E-state index contributed by atoms with van der Waals surface area (Å²) in [5, 5.41) is 0. The Kier molecular flexibility index (Phi) is 7.25. The average Bonchev–Trinajstić information content (AvgIpc) is 2.74. The Morgan fingerprint density at radius 2 is 1.39 bits per heavy atom. The Hall–Kier alpha value is -3.16. The van der Waals surface area contributed by atoms with Crippen LogP contribution in [0.4, 0.5) is 0 Å². The van der Waals surface area contributed by atoms with Gasteiger partial charge < -0.3 is 14.7 Å². The van der Waals surface area contributed by atoms with Crippen molar-refractivity contribution in [2.75, 3.05) is 0 Å². The van der Waals surface area contributed by atoms with Crippen LogP contribution in [-0.4, -0.2) is 20.0 Å². The monoisotopic (exact) mass is 467 g/mol. The van der Waals surface area contributed by atoms with Gasteiger partial charge in [-0.25, -0.2) is 0 Å². The van der Waals surface area contributed by atoms with E-state index >= 15 is 0 Å².